The summed E-state index contributed by atoms with van der Waals surface area (Å²) in [6.45, 7) is 5.13. The maximum atomic E-state index is 13.4. The molecule has 0 saturated heterocycles. The SMILES string of the molecule is Cc1cc(C(F)(F)F)nc(-n2nc(-c3cnn(C)c3C)c(Cl)c2-c2cnn(C)c2C)n1. The quantitative estimate of drug-likeness (QED) is 0.470. The Morgan fingerprint density at radius 2 is 1.48 bits per heavy atom. The lowest BCUT2D eigenvalue weighted by molar-refractivity contribution is -0.141. The molecule has 4 rings (SSSR count). The number of halogens is 4. The molecule has 31 heavy (non-hydrogen) atoms. The Morgan fingerprint density at radius 1 is 0.903 bits per heavy atom. The zero-order chi connectivity index (χ0) is 22.7. The highest BCUT2D eigenvalue weighted by Crippen LogP contribution is 2.39. The van der Waals surface area contributed by atoms with Gasteiger partial charge in [0, 0.05) is 42.3 Å². The third-order valence-electron chi connectivity index (χ3n) is 5.13. The molecule has 0 aliphatic heterocycles. The van der Waals surface area contributed by atoms with Crippen LogP contribution < -0.4 is 0 Å². The van der Waals surface area contributed by atoms with Crippen molar-refractivity contribution in [3.8, 4) is 28.5 Å². The van der Waals surface area contributed by atoms with Gasteiger partial charge in [0.2, 0.25) is 0 Å². The van der Waals surface area contributed by atoms with Crippen LogP contribution in [0.5, 0.6) is 0 Å². The van der Waals surface area contributed by atoms with E-state index in [0.717, 1.165) is 17.5 Å². The van der Waals surface area contributed by atoms with Crippen molar-refractivity contribution in [1.82, 2.24) is 39.3 Å². The Morgan fingerprint density at radius 3 is 2.00 bits per heavy atom. The average Bonchev–Trinajstić information content (AvgIpc) is 3.31. The van der Waals surface area contributed by atoms with Gasteiger partial charge in [0.1, 0.15) is 17.1 Å². The number of hydrogen-bond acceptors (Lipinski definition) is 5. The molecular weight excluding hydrogens is 433 g/mol. The predicted molar refractivity (Wildman–Crippen MR) is 108 cm³/mol. The van der Waals surface area contributed by atoms with E-state index >= 15 is 0 Å². The van der Waals surface area contributed by atoms with Crippen LogP contribution in [0.1, 0.15) is 22.8 Å². The smallest absolute Gasteiger partial charge is 0.272 e. The molecule has 4 aromatic heterocycles. The molecular formula is C19H18ClF3N8. The molecule has 0 aliphatic rings. The van der Waals surface area contributed by atoms with Crippen LogP contribution in [0, 0.1) is 20.8 Å². The topological polar surface area (TPSA) is 79.2 Å². The number of aromatic nitrogens is 8. The van der Waals surface area contributed by atoms with Crippen molar-refractivity contribution in [2.75, 3.05) is 0 Å². The minimum absolute atomic E-state index is 0.150. The van der Waals surface area contributed by atoms with Crippen LogP contribution in [0.2, 0.25) is 5.02 Å². The van der Waals surface area contributed by atoms with E-state index in [2.05, 4.69) is 25.3 Å². The maximum absolute atomic E-state index is 13.4. The first-order valence-electron chi connectivity index (χ1n) is 9.18. The van der Waals surface area contributed by atoms with E-state index in [9.17, 15) is 13.2 Å². The van der Waals surface area contributed by atoms with Gasteiger partial charge in [-0.2, -0.15) is 33.1 Å². The van der Waals surface area contributed by atoms with E-state index in [1.165, 1.54) is 11.6 Å². The maximum Gasteiger partial charge on any atom is 0.433 e. The molecule has 0 fully saturated rings. The van der Waals surface area contributed by atoms with Crippen LogP contribution in [0.3, 0.4) is 0 Å². The van der Waals surface area contributed by atoms with Crippen molar-refractivity contribution in [1.29, 1.82) is 0 Å². The fourth-order valence-corrected chi connectivity index (χ4v) is 3.52. The van der Waals surface area contributed by atoms with Gasteiger partial charge in [-0.25, -0.2) is 9.97 Å². The van der Waals surface area contributed by atoms with Gasteiger partial charge in [-0.1, -0.05) is 11.6 Å². The highest BCUT2D eigenvalue weighted by Gasteiger charge is 2.34. The molecule has 0 aromatic carbocycles. The molecule has 0 spiro atoms. The van der Waals surface area contributed by atoms with Gasteiger partial charge in [-0.05, 0) is 26.8 Å². The van der Waals surface area contributed by atoms with Crippen molar-refractivity contribution >= 4 is 11.6 Å². The van der Waals surface area contributed by atoms with Crippen LogP contribution in [-0.2, 0) is 20.3 Å². The van der Waals surface area contributed by atoms with Crippen molar-refractivity contribution < 1.29 is 13.2 Å². The van der Waals surface area contributed by atoms with Crippen molar-refractivity contribution in [3.05, 3.63) is 46.3 Å². The van der Waals surface area contributed by atoms with E-state index < -0.39 is 11.9 Å². The fourth-order valence-electron chi connectivity index (χ4n) is 3.20. The fraction of sp³-hybridized carbons (Fsp3) is 0.316. The highest BCUT2D eigenvalue weighted by atomic mass is 35.5. The monoisotopic (exact) mass is 450 g/mol. The third-order valence-corrected chi connectivity index (χ3v) is 5.49. The number of hydrogen-bond donors (Lipinski definition) is 0. The minimum atomic E-state index is -4.63. The van der Waals surface area contributed by atoms with Crippen LogP contribution >= 0.6 is 11.6 Å². The Labute approximate surface area is 180 Å². The van der Waals surface area contributed by atoms with Gasteiger partial charge < -0.3 is 0 Å². The van der Waals surface area contributed by atoms with E-state index in [4.69, 9.17) is 11.6 Å². The van der Waals surface area contributed by atoms with Gasteiger partial charge in [0.15, 0.2) is 0 Å². The van der Waals surface area contributed by atoms with Crippen molar-refractivity contribution in [2.45, 2.75) is 26.9 Å². The predicted octanol–water partition coefficient (Wildman–Crippen LogP) is 4.06. The van der Waals surface area contributed by atoms with Gasteiger partial charge >= 0.3 is 6.18 Å². The molecule has 4 heterocycles. The summed E-state index contributed by atoms with van der Waals surface area (Å²) in [5, 5.41) is 13.2. The van der Waals surface area contributed by atoms with Crippen LogP contribution in [0.15, 0.2) is 18.5 Å². The van der Waals surface area contributed by atoms with Crippen LogP contribution in [0.4, 0.5) is 13.2 Å². The summed E-state index contributed by atoms with van der Waals surface area (Å²) in [6, 6.07) is 0.885. The molecule has 4 aromatic rings. The minimum Gasteiger partial charge on any atom is -0.272 e. The second-order valence-electron chi connectivity index (χ2n) is 7.15. The van der Waals surface area contributed by atoms with Crippen molar-refractivity contribution in [2.24, 2.45) is 14.1 Å². The second-order valence-corrected chi connectivity index (χ2v) is 7.53. The summed E-state index contributed by atoms with van der Waals surface area (Å²) in [5.41, 5.74) is 2.60. The van der Waals surface area contributed by atoms with E-state index in [1.807, 2.05) is 13.8 Å². The van der Waals surface area contributed by atoms with Gasteiger partial charge in [-0.3, -0.25) is 9.36 Å². The summed E-state index contributed by atoms with van der Waals surface area (Å²) >= 11 is 6.75. The average molecular weight is 451 g/mol. The normalized spacial score (nSPS) is 12.0. The second kappa shape index (κ2) is 7.19. The standard InChI is InChI=1S/C19H18ClF3N8/c1-9-6-14(19(21,22)23)27-18(26-9)31-17(13-8-25-30(5)11(13)3)15(20)16(28-31)12-7-24-29(4)10(12)2/h6-8H,1-5H3. The molecule has 0 bridgehead atoms. The number of rotatable bonds is 3. The molecule has 8 nitrogen and oxygen atoms in total. The zero-order valence-corrected chi connectivity index (χ0v) is 18.1. The molecule has 0 amide bonds. The Bertz CT molecular complexity index is 1300. The summed E-state index contributed by atoms with van der Waals surface area (Å²) in [4.78, 5) is 7.93. The summed E-state index contributed by atoms with van der Waals surface area (Å²) in [7, 11) is 3.53. The van der Waals surface area contributed by atoms with Crippen LogP contribution in [-0.4, -0.2) is 39.3 Å². The van der Waals surface area contributed by atoms with Gasteiger partial charge in [0.25, 0.3) is 5.95 Å². The first kappa shape index (κ1) is 21.0. The lowest BCUT2D eigenvalue weighted by Crippen LogP contribution is -2.14. The molecule has 12 heteroatoms. The Hall–Kier alpha value is -3.21. The number of aryl methyl sites for hydroxylation is 3. The zero-order valence-electron chi connectivity index (χ0n) is 17.3. The largest absolute Gasteiger partial charge is 0.433 e. The lowest BCUT2D eigenvalue weighted by Gasteiger charge is -2.11. The number of nitrogens with zero attached hydrogens (tertiary/aromatic N) is 8. The van der Waals surface area contributed by atoms with Crippen LogP contribution in [0.25, 0.3) is 28.5 Å². The first-order chi connectivity index (χ1) is 14.5. The highest BCUT2D eigenvalue weighted by molar-refractivity contribution is 6.35. The Balaban J connectivity index is 2.05. The van der Waals surface area contributed by atoms with Crippen molar-refractivity contribution in [3.63, 3.8) is 0 Å². The molecule has 0 atom stereocenters. The molecule has 0 N–H and O–H groups in total. The lowest BCUT2D eigenvalue weighted by atomic mass is 10.1. The molecule has 0 radical (unpaired) electrons. The number of alkyl halides is 3. The van der Waals surface area contributed by atoms with E-state index in [-0.39, 0.29) is 16.7 Å². The molecule has 0 aliphatic carbocycles. The third kappa shape index (κ3) is 3.48. The van der Waals surface area contributed by atoms with Gasteiger partial charge in [-0.15, -0.1) is 0 Å². The molecule has 162 valence electrons. The van der Waals surface area contributed by atoms with E-state index in [0.29, 0.717) is 22.5 Å². The molecule has 0 saturated carbocycles. The molecule has 0 unspecified atom stereocenters. The summed E-state index contributed by atoms with van der Waals surface area (Å²) < 4.78 is 44.7. The van der Waals surface area contributed by atoms with Gasteiger partial charge in [0.05, 0.1) is 17.4 Å². The van der Waals surface area contributed by atoms with E-state index in [1.54, 1.807) is 35.9 Å². The summed E-state index contributed by atoms with van der Waals surface area (Å²) in [5.74, 6) is -0.236. The first-order valence-corrected chi connectivity index (χ1v) is 9.56. The summed E-state index contributed by atoms with van der Waals surface area (Å²) in [6.07, 6.45) is -1.45. The Kier molecular flexibility index (Phi) is 4.88.